The lowest BCUT2D eigenvalue weighted by atomic mass is 10.1. The van der Waals surface area contributed by atoms with E-state index in [-0.39, 0.29) is 11.5 Å². The largest absolute Gasteiger partial charge is 0.508 e. The van der Waals surface area contributed by atoms with Gasteiger partial charge in [0.05, 0.1) is 0 Å². The van der Waals surface area contributed by atoms with Gasteiger partial charge in [0.25, 0.3) is 0 Å². The zero-order chi connectivity index (χ0) is 10.0. The molecule has 1 rings (SSSR count). The van der Waals surface area contributed by atoms with Crippen molar-refractivity contribution in [1.29, 1.82) is 0 Å². The van der Waals surface area contributed by atoms with Gasteiger partial charge in [0.2, 0.25) is 0 Å². The van der Waals surface area contributed by atoms with Crippen molar-refractivity contribution in [2.45, 2.75) is 17.2 Å². The van der Waals surface area contributed by atoms with Crippen LogP contribution in [0.3, 0.4) is 0 Å². The van der Waals surface area contributed by atoms with Crippen LogP contribution in [0.2, 0.25) is 0 Å². The van der Waals surface area contributed by atoms with Gasteiger partial charge in [-0.15, -0.1) is 24.2 Å². The summed E-state index contributed by atoms with van der Waals surface area (Å²) in [6, 6.07) is 4.59. The van der Waals surface area contributed by atoms with Gasteiger partial charge >= 0.3 is 0 Å². The van der Waals surface area contributed by atoms with E-state index in [1.54, 1.807) is 6.07 Å². The molecule has 0 aromatic heterocycles. The quantitative estimate of drug-likeness (QED) is 0.589. The Labute approximate surface area is 86.9 Å². The van der Waals surface area contributed by atoms with Gasteiger partial charge in [-0.2, -0.15) is 0 Å². The van der Waals surface area contributed by atoms with E-state index in [9.17, 15) is 9.90 Å². The molecule has 4 heteroatoms. The lowest BCUT2D eigenvalue weighted by molar-refractivity contribution is -0.116. The van der Waals surface area contributed by atoms with Crippen molar-refractivity contribution in [2.24, 2.45) is 0 Å². The molecule has 0 bridgehead atoms. The summed E-state index contributed by atoms with van der Waals surface area (Å²) in [6.45, 7) is 1.40. The fraction of sp³-hybridized carbons (Fsp3) is 0.222. The second-order valence-electron chi connectivity index (χ2n) is 2.76. The number of alkyl halides is 1. The van der Waals surface area contributed by atoms with Crippen LogP contribution in [0, 0.1) is 0 Å². The van der Waals surface area contributed by atoms with Crippen molar-refractivity contribution < 1.29 is 9.90 Å². The van der Waals surface area contributed by atoms with Crippen molar-refractivity contribution in [3.05, 3.63) is 23.8 Å². The summed E-state index contributed by atoms with van der Waals surface area (Å²) in [7, 11) is 0. The standard InChI is InChI=1S/C9H9ClO2S/c1-5(11)9(10)6-2-7(12)4-8(13)3-6/h2-4,9,12-13H,1H3. The summed E-state index contributed by atoms with van der Waals surface area (Å²) in [5, 5.41) is 8.50. The van der Waals surface area contributed by atoms with Gasteiger partial charge in [-0.25, -0.2) is 0 Å². The molecule has 0 aliphatic rings. The van der Waals surface area contributed by atoms with E-state index in [2.05, 4.69) is 12.6 Å². The Balaban J connectivity index is 3.07. The molecule has 70 valence electrons. The van der Waals surface area contributed by atoms with Crippen LogP contribution in [0.25, 0.3) is 0 Å². The van der Waals surface area contributed by atoms with E-state index in [0.717, 1.165) is 0 Å². The summed E-state index contributed by atoms with van der Waals surface area (Å²) in [5.74, 6) is -0.0885. The zero-order valence-corrected chi connectivity index (χ0v) is 8.64. The minimum absolute atomic E-state index is 0.0643. The van der Waals surface area contributed by atoms with E-state index in [1.807, 2.05) is 0 Å². The number of aromatic hydroxyl groups is 1. The van der Waals surface area contributed by atoms with Crippen LogP contribution in [-0.4, -0.2) is 10.9 Å². The van der Waals surface area contributed by atoms with Gasteiger partial charge in [0.1, 0.15) is 11.1 Å². The van der Waals surface area contributed by atoms with Gasteiger partial charge in [-0.1, -0.05) is 0 Å². The number of carbonyl (C=O) groups is 1. The minimum atomic E-state index is -0.710. The predicted octanol–water partition coefficient (Wildman–Crippen LogP) is 2.55. The molecule has 1 unspecified atom stereocenters. The molecule has 1 N–H and O–H groups in total. The molecular weight excluding hydrogens is 208 g/mol. The molecule has 0 heterocycles. The Bertz CT molecular complexity index is 318. The van der Waals surface area contributed by atoms with Gasteiger partial charge in [0, 0.05) is 4.90 Å². The van der Waals surface area contributed by atoms with E-state index in [1.165, 1.54) is 19.1 Å². The minimum Gasteiger partial charge on any atom is -0.508 e. The number of halogens is 1. The Morgan fingerprint density at radius 2 is 2.15 bits per heavy atom. The number of thiol groups is 1. The highest BCUT2D eigenvalue weighted by atomic mass is 35.5. The first-order valence-corrected chi connectivity index (χ1v) is 4.56. The van der Waals surface area contributed by atoms with E-state index < -0.39 is 5.38 Å². The summed E-state index contributed by atoms with van der Waals surface area (Å²) in [4.78, 5) is 11.5. The maximum absolute atomic E-state index is 10.9. The van der Waals surface area contributed by atoms with Gasteiger partial charge < -0.3 is 5.11 Å². The first kappa shape index (κ1) is 10.4. The highest BCUT2D eigenvalue weighted by Crippen LogP contribution is 2.27. The average Bonchev–Trinajstić information content (AvgIpc) is 2.01. The van der Waals surface area contributed by atoms with Crippen LogP contribution in [0.1, 0.15) is 17.9 Å². The first-order valence-electron chi connectivity index (χ1n) is 3.68. The molecule has 1 atom stereocenters. The number of phenolic OH excluding ortho intramolecular Hbond substituents is 1. The van der Waals surface area contributed by atoms with Crippen LogP contribution in [0.4, 0.5) is 0 Å². The number of hydrogen-bond donors (Lipinski definition) is 2. The average molecular weight is 217 g/mol. The highest BCUT2D eigenvalue weighted by molar-refractivity contribution is 7.80. The van der Waals surface area contributed by atoms with Crippen molar-refractivity contribution in [2.75, 3.05) is 0 Å². The summed E-state index contributed by atoms with van der Waals surface area (Å²) in [6.07, 6.45) is 0. The molecule has 1 aromatic rings. The Morgan fingerprint density at radius 3 is 2.62 bits per heavy atom. The third-order valence-electron chi connectivity index (χ3n) is 1.57. The lowest BCUT2D eigenvalue weighted by Crippen LogP contribution is -2.01. The lowest BCUT2D eigenvalue weighted by Gasteiger charge is -2.06. The fourth-order valence-electron chi connectivity index (χ4n) is 0.999. The molecule has 0 fully saturated rings. The van der Waals surface area contributed by atoms with Gasteiger partial charge in [-0.3, -0.25) is 4.79 Å². The second-order valence-corrected chi connectivity index (χ2v) is 3.71. The monoisotopic (exact) mass is 216 g/mol. The van der Waals surface area contributed by atoms with Crippen LogP contribution in [-0.2, 0) is 4.79 Å². The Kier molecular flexibility index (Phi) is 3.22. The highest BCUT2D eigenvalue weighted by Gasteiger charge is 2.13. The zero-order valence-electron chi connectivity index (χ0n) is 6.99. The molecule has 0 spiro atoms. The van der Waals surface area contributed by atoms with Crippen molar-refractivity contribution in [3.63, 3.8) is 0 Å². The second kappa shape index (κ2) is 4.03. The van der Waals surface area contributed by atoms with Crippen molar-refractivity contribution in [3.8, 4) is 5.75 Å². The summed E-state index contributed by atoms with van der Waals surface area (Å²) in [5.41, 5.74) is 0.569. The molecule has 0 aliphatic carbocycles. The maximum atomic E-state index is 10.9. The smallest absolute Gasteiger partial charge is 0.152 e. The summed E-state index contributed by atoms with van der Waals surface area (Å²) < 4.78 is 0. The Hall–Kier alpha value is -0.670. The van der Waals surface area contributed by atoms with E-state index >= 15 is 0 Å². The Morgan fingerprint density at radius 1 is 1.54 bits per heavy atom. The fourth-order valence-corrected chi connectivity index (χ4v) is 1.41. The number of rotatable bonds is 2. The molecule has 1 aromatic carbocycles. The SMILES string of the molecule is CC(=O)C(Cl)c1cc(O)cc(S)c1. The topological polar surface area (TPSA) is 37.3 Å². The van der Waals surface area contributed by atoms with Crippen LogP contribution >= 0.6 is 24.2 Å². The molecule has 0 saturated carbocycles. The molecule has 2 nitrogen and oxygen atoms in total. The molecule has 13 heavy (non-hydrogen) atoms. The molecule has 0 saturated heterocycles. The van der Waals surface area contributed by atoms with E-state index in [4.69, 9.17) is 11.6 Å². The number of ketones is 1. The van der Waals surface area contributed by atoms with Crippen LogP contribution in [0.15, 0.2) is 23.1 Å². The van der Waals surface area contributed by atoms with Gasteiger partial charge in [-0.05, 0) is 30.7 Å². The van der Waals surface area contributed by atoms with Crippen LogP contribution in [0.5, 0.6) is 5.75 Å². The molecule has 0 radical (unpaired) electrons. The van der Waals surface area contributed by atoms with Crippen molar-refractivity contribution in [1.82, 2.24) is 0 Å². The first-order chi connectivity index (χ1) is 6.00. The third-order valence-corrected chi connectivity index (χ3v) is 2.39. The van der Waals surface area contributed by atoms with E-state index in [0.29, 0.717) is 10.5 Å². The summed E-state index contributed by atoms with van der Waals surface area (Å²) >= 11 is 9.85. The maximum Gasteiger partial charge on any atom is 0.152 e. The number of carbonyl (C=O) groups excluding carboxylic acids is 1. The normalized spacial score (nSPS) is 12.5. The molecule has 0 amide bonds. The van der Waals surface area contributed by atoms with Gasteiger partial charge in [0.15, 0.2) is 5.78 Å². The molecule has 0 aliphatic heterocycles. The third kappa shape index (κ3) is 2.64. The van der Waals surface area contributed by atoms with Crippen LogP contribution < -0.4 is 0 Å². The molecular formula is C9H9ClO2S. The predicted molar refractivity (Wildman–Crippen MR) is 54.6 cm³/mol. The number of phenols is 1. The number of hydrogen-bond acceptors (Lipinski definition) is 3. The number of benzene rings is 1. The van der Waals surface area contributed by atoms with Crippen molar-refractivity contribution >= 4 is 30.0 Å². The number of Topliss-reactive ketones (excluding diaryl/α,β-unsaturated/α-hetero) is 1.